The zero-order valence-corrected chi connectivity index (χ0v) is 14.8. The van der Waals surface area contributed by atoms with Gasteiger partial charge in [0.2, 0.25) is 11.8 Å². The highest BCUT2D eigenvalue weighted by Gasteiger charge is 2.20. The van der Waals surface area contributed by atoms with Crippen LogP contribution in [0.1, 0.15) is 12.5 Å². The maximum absolute atomic E-state index is 13.6. The van der Waals surface area contributed by atoms with E-state index in [0.29, 0.717) is 12.0 Å². The molecule has 26 heavy (non-hydrogen) atoms. The standard InChI is InChI=1S/C18H15F2N3O2S/c1-10-3-5-12(6-4-10)17-22-23-18(25-17)26-11(2)16(24)21-15-8-7-13(19)9-14(15)20/h3-9,11H,1-2H3,(H,21,24). The van der Waals surface area contributed by atoms with Gasteiger partial charge in [-0.1, -0.05) is 29.5 Å². The van der Waals surface area contributed by atoms with Crippen LogP contribution >= 0.6 is 11.8 Å². The van der Waals surface area contributed by atoms with Crippen LogP contribution in [-0.4, -0.2) is 21.4 Å². The van der Waals surface area contributed by atoms with Gasteiger partial charge in [-0.15, -0.1) is 10.2 Å². The first-order valence-electron chi connectivity index (χ1n) is 7.75. The molecular weight excluding hydrogens is 360 g/mol. The van der Waals surface area contributed by atoms with Crippen LogP contribution in [-0.2, 0) is 4.79 Å². The molecule has 1 heterocycles. The zero-order valence-electron chi connectivity index (χ0n) is 14.0. The normalized spacial score (nSPS) is 12.0. The summed E-state index contributed by atoms with van der Waals surface area (Å²) in [6, 6.07) is 10.5. The molecule has 134 valence electrons. The predicted octanol–water partition coefficient (Wildman–Crippen LogP) is 4.44. The predicted molar refractivity (Wildman–Crippen MR) is 94.8 cm³/mol. The Bertz CT molecular complexity index is 928. The van der Waals surface area contributed by atoms with Crippen LogP contribution in [0.5, 0.6) is 0 Å². The molecule has 0 saturated heterocycles. The van der Waals surface area contributed by atoms with Crippen molar-refractivity contribution in [3.63, 3.8) is 0 Å². The van der Waals surface area contributed by atoms with E-state index in [2.05, 4.69) is 15.5 Å². The van der Waals surface area contributed by atoms with Crippen molar-refractivity contribution in [1.82, 2.24) is 10.2 Å². The van der Waals surface area contributed by atoms with E-state index >= 15 is 0 Å². The average molecular weight is 375 g/mol. The molecule has 0 fully saturated rings. The van der Waals surface area contributed by atoms with E-state index in [-0.39, 0.29) is 10.9 Å². The maximum atomic E-state index is 13.6. The van der Waals surface area contributed by atoms with Crippen molar-refractivity contribution in [3.8, 4) is 11.5 Å². The summed E-state index contributed by atoms with van der Waals surface area (Å²) in [5, 5.41) is 9.90. The van der Waals surface area contributed by atoms with Crippen LogP contribution < -0.4 is 5.32 Å². The molecule has 2 aromatic carbocycles. The Morgan fingerprint density at radius 2 is 1.88 bits per heavy atom. The Morgan fingerprint density at radius 3 is 2.58 bits per heavy atom. The van der Waals surface area contributed by atoms with Gasteiger partial charge in [0.1, 0.15) is 11.6 Å². The van der Waals surface area contributed by atoms with E-state index in [0.717, 1.165) is 29.0 Å². The summed E-state index contributed by atoms with van der Waals surface area (Å²) < 4.78 is 32.1. The lowest BCUT2D eigenvalue weighted by molar-refractivity contribution is -0.115. The third-order valence-corrected chi connectivity index (χ3v) is 4.48. The molecule has 0 aliphatic heterocycles. The van der Waals surface area contributed by atoms with Crippen LogP contribution in [0.2, 0.25) is 0 Å². The van der Waals surface area contributed by atoms with Crippen molar-refractivity contribution >= 4 is 23.4 Å². The zero-order chi connectivity index (χ0) is 18.7. The van der Waals surface area contributed by atoms with Crippen LogP contribution in [0.4, 0.5) is 14.5 Å². The fraction of sp³-hybridized carbons (Fsp3) is 0.167. The molecular formula is C18H15F2N3O2S. The van der Waals surface area contributed by atoms with Crippen molar-refractivity contribution in [3.05, 3.63) is 59.7 Å². The van der Waals surface area contributed by atoms with E-state index in [1.54, 1.807) is 6.92 Å². The number of anilines is 1. The first kappa shape index (κ1) is 18.1. The number of halogens is 2. The highest BCUT2D eigenvalue weighted by molar-refractivity contribution is 8.00. The van der Waals surface area contributed by atoms with Crippen molar-refractivity contribution in [1.29, 1.82) is 0 Å². The summed E-state index contributed by atoms with van der Waals surface area (Å²) in [4.78, 5) is 12.2. The van der Waals surface area contributed by atoms with Gasteiger partial charge in [0.25, 0.3) is 5.22 Å². The van der Waals surface area contributed by atoms with Gasteiger partial charge in [-0.2, -0.15) is 0 Å². The third kappa shape index (κ3) is 4.26. The summed E-state index contributed by atoms with van der Waals surface area (Å²) in [6.07, 6.45) is 0. The van der Waals surface area contributed by atoms with E-state index in [1.807, 2.05) is 31.2 Å². The number of hydrogen-bond donors (Lipinski definition) is 1. The fourth-order valence-corrected chi connectivity index (χ4v) is 2.78. The lowest BCUT2D eigenvalue weighted by atomic mass is 10.1. The van der Waals surface area contributed by atoms with Crippen LogP contribution in [0, 0.1) is 18.6 Å². The summed E-state index contributed by atoms with van der Waals surface area (Å²) >= 11 is 1.05. The van der Waals surface area contributed by atoms with Gasteiger partial charge in [0, 0.05) is 11.6 Å². The Balaban J connectivity index is 1.65. The Hall–Kier alpha value is -2.74. The minimum atomic E-state index is -0.838. The fourth-order valence-electron chi connectivity index (χ4n) is 2.10. The van der Waals surface area contributed by atoms with Crippen molar-refractivity contribution in [2.24, 2.45) is 0 Å². The number of nitrogens with one attached hydrogen (secondary N) is 1. The maximum Gasteiger partial charge on any atom is 0.277 e. The molecule has 0 spiro atoms. The molecule has 0 bridgehead atoms. The number of nitrogens with zero attached hydrogens (tertiary/aromatic N) is 2. The molecule has 1 N–H and O–H groups in total. The summed E-state index contributed by atoms with van der Waals surface area (Å²) in [6.45, 7) is 3.60. The van der Waals surface area contributed by atoms with Gasteiger partial charge in [-0.25, -0.2) is 8.78 Å². The van der Waals surface area contributed by atoms with Gasteiger partial charge in [0.15, 0.2) is 0 Å². The second kappa shape index (κ2) is 7.65. The van der Waals surface area contributed by atoms with Gasteiger partial charge in [0.05, 0.1) is 10.9 Å². The molecule has 0 saturated carbocycles. The highest BCUT2D eigenvalue weighted by Crippen LogP contribution is 2.27. The molecule has 5 nitrogen and oxygen atoms in total. The van der Waals surface area contributed by atoms with Gasteiger partial charge in [-0.3, -0.25) is 4.79 Å². The molecule has 1 atom stereocenters. The molecule has 8 heteroatoms. The quantitative estimate of drug-likeness (QED) is 0.668. The molecule has 1 aromatic heterocycles. The number of thioether (sulfide) groups is 1. The molecule has 3 rings (SSSR count). The molecule has 0 radical (unpaired) electrons. The van der Waals surface area contributed by atoms with Gasteiger partial charge < -0.3 is 9.73 Å². The second-order valence-corrected chi connectivity index (χ2v) is 6.90. The number of carbonyl (C=O) groups is 1. The number of benzene rings is 2. The van der Waals surface area contributed by atoms with Crippen LogP contribution in [0.25, 0.3) is 11.5 Å². The summed E-state index contributed by atoms with van der Waals surface area (Å²) in [5.74, 6) is -1.66. The monoisotopic (exact) mass is 375 g/mol. The number of aryl methyl sites for hydroxylation is 1. The molecule has 0 aliphatic carbocycles. The lowest BCUT2D eigenvalue weighted by Crippen LogP contribution is -2.23. The van der Waals surface area contributed by atoms with E-state index in [4.69, 9.17) is 4.42 Å². The van der Waals surface area contributed by atoms with Crippen molar-refractivity contribution in [2.45, 2.75) is 24.3 Å². The van der Waals surface area contributed by atoms with Crippen LogP contribution in [0.3, 0.4) is 0 Å². The molecule has 1 unspecified atom stereocenters. The summed E-state index contributed by atoms with van der Waals surface area (Å²) in [5.41, 5.74) is 1.80. The first-order valence-corrected chi connectivity index (χ1v) is 8.63. The van der Waals surface area contributed by atoms with Crippen LogP contribution in [0.15, 0.2) is 52.1 Å². The third-order valence-electron chi connectivity index (χ3n) is 3.54. The smallest absolute Gasteiger partial charge is 0.277 e. The largest absolute Gasteiger partial charge is 0.411 e. The summed E-state index contributed by atoms with van der Waals surface area (Å²) in [7, 11) is 0. The van der Waals surface area contributed by atoms with Gasteiger partial charge >= 0.3 is 0 Å². The number of amides is 1. The SMILES string of the molecule is Cc1ccc(-c2nnc(SC(C)C(=O)Nc3ccc(F)cc3F)o2)cc1. The average Bonchev–Trinajstić information content (AvgIpc) is 3.06. The van der Waals surface area contributed by atoms with Crippen molar-refractivity contribution in [2.75, 3.05) is 5.32 Å². The highest BCUT2D eigenvalue weighted by atomic mass is 32.2. The van der Waals surface area contributed by atoms with Gasteiger partial charge in [-0.05, 0) is 38.1 Å². The Kier molecular flexibility index (Phi) is 5.32. The molecule has 1 amide bonds. The number of rotatable bonds is 5. The number of aromatic nitrogens is 2. The second-order valence-electron chi connectivity index (χ2n) is 5.61. The number of carbonyl (C=O) groups excluding carboxylic acids is 1. The molecule has 0 aliphatic rings. The lowest BCUT2D eigenvalue weighted by Gasteiger charge is -2.10. The van der Waals surface area contributed by atoms with E-state index in [9.17, 15) is 13.6 Å². The topological polar surface area (TPSA) is 68.0 Å². The molecule has 3 aromatic rings. The van der Waals surface area contributed by atoms with Crippen molar-refractivity contribution < 1.29 is 18.0 Å². The van der Waals surface area contributed by atoms with E-state index in [1.165, 1.54) is 6.07 Å². The first-order chi connectivity index (χ1) is 12.4. The Morgan fingerprint density at radius 1 is 1.15 bits per heavy atom. The Labute approximate surface area is 152 Å². The van der Waals surface area contributed by atoms with E-state index < -0.39 is 22.8 Å². The minimum absolute atomic E-state index is 0.0882. The minimum Gasteiger partial charge on any atom is -0.411 e. The number of hydrogen-bond acceptors (Lipinski definition) is 5.